The zero-order chi connectivity index (χ0) is 15.5. The Labute approximate surface area is 133 Å². The van der Waals surface area contributed by atoms with Crippen molar-refractivity contribution in [1.29, 1.82) is 0 Å². The first-order valence-electron chi connectivity index (χ1n) is 9.64. The Morgan fingerprint density at radius 3 is 2.19 bits per heavy atom. The average molecular weight is 294 g/mol. The summed E-state index contributed by atoms with van der Waals surface area (Å²) in [4.78, 5) is 0. The molecule has 0 aromatic heterocycles. The zero-order valence-corrected chi connectivity index (χ0v) is 15.3. The number of hydrogen-bond donors (Lipinski definition) is 1. The molecule has 2 rings (SSSR count). The first-order chi connectivity index (χ1) is 9.88. The van der Waals surface area contributed by atoms with Crippen molar-refractivity contribution in [2.45, 2.75) is 104 Å². The van der Waals surface area contributed by atoms with Gasteiger partial charge in [0.15, 0.2) is 0 Å². The molecule has 1 N–H and O–H groups in total. The third kappa shape index (κ3) is 4.98. The molecule has 4 atom stereocenters. The normalized spacial score (nSPS) is 35.7. The van der Waals surface area contributed by atoms with Gasteiger partial charge < -0.3 is 5.32 Å². The van der Waals surface area contributed by atoms with Crippen LogP contribution in [0.5, 0.6) is 0 Å². The van der Waals surface area contributed by atoms with E-state index in [1.54, 1.807) is 0 Å². The molecule has 1 nitrogen and oxygen atoms in total. The molecular formula is C20H39N. The highest BCUT2D eigenvalue weighted by atomic mass is 15.0. The van der Waals surface area contributed by atoms with Crippen molar-refractivity contribution in [2.24, 2.45) is 23.2 Å². The van der Waals surface area contributed by atoms with Crippen LogP contribution in [-0.4, -0.2) is 12.1 Å². The lowest BCUT2D eigenvalue weighted by Gasteiger charge is -2.42. The zero-order valence-electron chi connectivity index (χ0n) is 15.3. The molecule has 21 heavy (non-hydrogen) atoms. The van der Waals surface area contributed by atoms with E-state index < -0.39 is 0 Å². The topological polar surface area (TPSA) is 12.0 Å². The summed E-state index contributed by atoms with van der Waals surface area (Å²) in [6.45, 7) is 12.2. The van der Waals surface area contributed by atoms with Crippen molar-refractivity contribution >= 4 is 0 Å². The van der Waals surface area contributed by atoms with Gasteiger partial charge in [0.2, 0.25) is 0 Å². The minimum atomic E-state index is 0.462. The molecule has 1 heteroatoms. The Morgan fingerprint density at radius 1 is 0.810 bits per heavy atom. The molecule has 124 valence electrons. The molecule has 0 radical (unpaired) electrons. The van der Waals surface area contributed by atoms with Crippen LogP contribution in [0.3, 0.4) is 0 Å². The van der Waals surface area contributed by atoms with E-state index in [0.29, 0.717) is 5.41 Å². The van der Waals surface area contributed by atoms with E-state index in [1.165, 1.54) is 57.8 Å². The monoisotopic (exact) mass is 293 g/mol. The lowest BCUT2D eigenvalue weighted by atomic mass is 9.69. The van der Waals surface area contributed by atoms with Gasteiger partial charge in [-0.3, -0.25) is 0 Å². The summed E-state index contributed by atoms with van der Waals surface area (Å²) in [5.41, 5.74) is 0.462. The highest BCUT2D eigenvalue weighted by Gasteiger charge is 2.35. The van der Waals surface area contributed by atoms with Crippen LogP contribution in [-0.2, 0) is 0 Å². The molecule has 2 fully saturated rings. The van der Waals surface area contributed by atoms with E-state index in [0.717, 1.165) is 29.8 Å². The van der Waals surface area contributed by atoms with E-state index >= 15 is 0 Å². The minimum Gasteiger partial charge on any atom is -0.311 e. The first kappa shape index (κ1) is 17.3. The Bertz CT molecular complexity index is 301. The Hall–Kier alpha value is -0.0400. The van der Waals surface area contributed by atoms with Gasteiger partial charge in [-0.15, -0.1) is 0 Å². The van der Waals surface area contributed by atoms with E-state index in [2.05, 4.69) is 39.9 Å². The Morgan fingerprint density at radius 2 is 1.52 bits per heavy atom. The summed E-state index contributed by atoms with van der Waals surface area (Å²) in [6.07, 6.45) is 12.9. The van der Waals surface area contributed by atoms with Gasteiger partial charge in [-0.25, -0.2) is 0 Å². The van der Waals surface area contributed by atoms with Gasteiger partial charge in [0, 0.05) is 12.1 Å². The van der Waals surface area contributed by atoms with Crippen molar-refractivity contribution in [3.63, 3.8) is 0 Å². The standard InChI is InChI=1S/C20H39N/c1-15(2)16-9-8-10-17(14-13-16)21-19-12-7-6-11-18(19)20(3,4)5/h15-19,21H,6-14H2,1-5H3. The maximum atomic E-state index is 4.11. The van der Waals surface area contributed by atoms with Crippen LogP contribution in [0, 0.1) is 23.2 Å². The van der Waals surface area contributed by atoms with Crippen LogP contribution < -0.4 is 5.32 Å². The number of nitrogens with one attached hydrogen (secondary N) is 1. The summed E-state index contributed by atoms with van der Waals surface area (Å²) in [5.74, 6) is 2.72. The van der Waals surface area contributed by atoms with Gasteiger partial charge in [-0.1, -0.05) is 60.3 Å². The smallest absolute Gasteiger partial charge is 0.0103 e. The van der Waals surface area contributed by atoms with Crippen LogP contribution in [0.1, 0.15) is 92.4 Å². The second-order valence-corrected chi connectivity index (χ2v) is 9.24. The molecule has 0 heterocycles. The summed E-state index contributed by atoms with van der Waals surface area (Å²) >= 11 is 0. The molecule has 0 aromatic rings. The van der Waals surface area contributed by atoms with Gasteiger partial charge in [0.1, 0.15) is 0 Å². The molecule has 0 bridgehead atoms. The third-order valence-corrected chi connectivity index (χ3v) is 6.28. The van der Waals surface area contributed by atoms with Crippen molar-refractivity contribution in [2.75, 3.05) is 0 Å². The Kier molecular flexibility index (Phi) is 6.17. The van der Waals surface area contributed by atoms with Gasteiger partial charge in [-0.05, 0) is 55.3 Å². The van der Waals surface area contributed by atoms with Gasteiger partial charge in [-0.2, -0.15) is 0 Å². The fourth-order valence-electron chi connectivity index (χ4n) is 4.83. The lowest BCUT2D eigenvalue weighted by Crippen LogP contribution is -2.48. The summed E-state index contributed by atoms with van der Waals surface area (Å²) in [6, 6.07) is 1.57. The molecule has 2 aliphatic carbocycles. The molecule has 0 amide bonds. The third-order valence-electron chi connectivity index (χ3n) is 6.28. The van der Waals surface area contributed by atoms with E-state index in [4.69, 9.17) is 0 Å². The van der Waals surface area contributed by atoms with Crippen LogP contribution in [0.4, 0.5) is 0 Å². The minimum absolute atomic E-state index is 0.462. The fourth-order valence-corrected chi connectivity index (χ4v) is 4.83. The van der Waals surface area contributed by atoms with Crippen molar-refractivity contribution in [3.8, 4) is 0 Å². The van der Waals surface area contributed by atoms with Crippen LogP contribution in [0.25, 0.3) is 0 Å². The number of rotatable bonds is 3. The Balaban J connectivity index is 1.90. The average Bonchev–Trinajstić information content (AvgIpc) is 2.64. The summed E-state index contributed by atoms with van der Waals surface area (Å²) < 4.78 is 0. The van der Waals surface area contributed by atoms with E-state index in [-0.39, 0.29) is 0 Å². The van der Waals surface area contributed by atoms with Crippen molar-refractivity contribution < 1.29 is 0 Å². The molecule has 0 saturated heterocycles. The van der Waals surface area contributed by atoms with Crippen LogP contribution in [0.2, 0.25) is 0 Å². The highest BCUT2D eigenvalue weighted by Crippen LogP contribution is 2.39. The van der Waals surface area contributed by atoms with Gasteiger partial charge in [0.25, 0.3) is 0 Å². The van der Waals surface area contributed by atoms with Crippen LogP contribution >= 0.6 is 0 Å². The first-order valence-corrected chi connectivity index (χ1v) is 9.64. The summed E-state index contributed by atoms with van der Waals surface area (Å²) in [5, 5.41) is 4.11. The van der Waals surface area contributed by atoms with Crippen molar-refractivity contribution in [1.82, 2.24) is 5.32 Å². The second-order valence-electron chi connectivity index (χ2n) is 9.24. The van der Waals surface area contributed by atoms with Crippen LogP contribution in [0.15, 0.2) is 0 Å². The predicted octanol–water partition coefficient (Wildman–Crippen LogP) is 5.79. The quantitative estimate of drug-likeness (QED) is 0.650. The molecule has 0 aromatic carbocycles. The maximum Gasteiger partial charge on any atom is 0.0103 e. The molecule has 0 spiro atoms. The summed E-state index contributed by atoms with van der Waals surface area (Å²) in [7, 11) is 0. The maximum absolute atomic E-state index is 4.11. The highest BCUT2D eigenvalue weighted by molar-refractivity contribution is 4.90. The molecule has 2 saturated carbocycles. The van der Waals surface area contributed by atoms with E-state index in [9.17, 15) is 0 Å². The SMILES string of the molecule is CC(C)C1CCCC(NC2CCCCC2C(C)(C)C)CC1. The fraction of sp³-hybridized carbons (Fsp3) is 1.00. The molecule has 4 unspecified atom stereocenters. The lowest BCUT2D eigenvalue weighted by molar-refractivity contribution is 0.120. The molecular weight excluding hydrogens is 254 g/mol. The molecule has 2 aliphatic rings. The van der Waals surface area contributed by atoms with Gasteiger partial charge in [0.05, 0.1) is 0 Å². The second kappa shape index (κ2) is 7.49. The predicted molar refractivity (Wildman–Crippen MR) is 93.5 cm³/mol. The number of hydrogen-bond acceptors (Lipinski definition) is 1. The molecule has 0 aliphatic heterocycles. The largest absolute Gasteiger partial charge is 0.311 e. The van der Waals surface area contributed by atoms with Crippen molar-refractivity contribution in [3.05, 3.63) is 0 Å². The van der Waals surface area contributed by atoms with E-state index in [1.807, 2.05) is 0 Å². The van der Waals surface area contributed by atoms with Gasteiger partial charge >= 0.3 is 0 Å².